The number of amides is 1. The zero-order chi connectivity index (χ0) is 16.3. The van der Waals surface area contributed by atoms with Crippen molar-refractivity contribution in [3.8, 4) is 5.75 Å². The van der Waals surface area contributed by atoms with Crippen LogP contribution < -0.4 is 10.1 Å². The molecule has 1 atom stereocenters. The Kier molecular flexibility index (Phi) is 4.77. The Bertz CT molecular complexity index is 655. The summed E-state index contributed by atoms with van der Waals surface area (Å²) in [6, 6.07) is 1.30. The van der Waals surface area contributed by atoms with Crippen molar-refractivity contribution < 1.29 is 23.4 Å². The summed E-state index contributed by atoms with van der Waals surface area (Å²) in [5.41, 5.74) is -0.796. The van der Waals surface area contributed by atoms with Gasteiger partial charge in [0.2, 0.25) is 0 Å². The van der Waals surface area contributed by atoms with E-state index in [0.29, 0.717) is 5.56 Å². The van der Waals surface area contributed by atoms with Crippen molar-refractivity contribution in [2.45, 2.75) is 19.1 Å². The lowest BCUT2D eigenvalue weighted by Gasteiger charge is -2.22. The van der Waals surface area contributed by atoms with E-state index in [9.17, 15) is 18.7 Å². The summed E-state index contributed by atoms with van der Waals surface area (Å²) in [4.78, 5) is 12.1. The molecule has 0 fully saturated rings. The second kappa shape index (κ2) is 6.41. The summed E-state index contributed by atoms with van der Waals surface area (Å²) >= 11 is 0.982. The highest BCUT2D eigenvalue weighted by atomic mass is 32.1. The van der Waals surface area contributed by atoms with E-state index in [0.717, 1.165) is 11.3 Å². The largest absolute Gasteiger partial charge is 0.433 e. The van der Waals surface area contributed by atoms with Gasteiger partial charge in [0.15, 0.2) is 0 Å². The number of aliphatic hydroxyl groups is 1. The van der Waals surface area contributed by atoms with E-state index in [1.807, 2.05) is 0 Å². The smallest absolute Gasteiger partial charge is 0.387 e. The van der Waals surface area contributed by atoms with Gasteiger partial charge in [-0.05, 0) is 18.4 Å². The third-order valence-corrected chi connectivity index (χ3v) is 3.87. The third-order valence-electron chi connectivity index (χ3n) is 2.97. The van der Waals surface area contributed by atoms with Gasteiger partial charge in [-0.1, -0.05) is 0 Å². The fourth-order valence-electron chi connectivity index (χ4n) is 1.79. The number of nitrogens with zero attached hydrogens (tertiary/aromatic N) is 2. The van der Waals surface area contributed by atoms with E-state index in [1.54, 1.807) is 13.2 Å². The van der Waals surface area contributed by atoms with Gasteiger partial charge in [-0.25, -0.2) is 0 Å². The van der Waals surface area contributed by atoms with E-state index >= 15 is 0 Å². The molecule has 120 valence electrons. The maximum atomic E-state index is 12.2. The molecule has 9 heteroatoms. The van der Waals surface area contributed by atoms with E-state index in [2.05, 4.69) is 15.2 Å². The first-order valence-electron chi connectivity index (χ1n) is 6.31. The number of hydrogen-bond donors (Lipinski definition) is 2. The maximum Gasteiger partial charge on any atom is 0.387 e. The van der Waals surface area contributed by atoms with Crippen molar-refractivity contribution >= 4 is 17.2 Å². The van der Waals surface area contributed by atoms with Crippen molar-refractivity contribution in [2.75, 3.05) is 6.54 Å². The minimum atomic E-state index is -3.00. The Balaban J connectivity index is 2.02. The van der Waals surface area contributed by atoms with Crippen molar-refractivity contribution in [1.82, 2.24) is 15.1 Å². The fraction of sp³-hybridized carbons (Fsp3) is 0.385. The van der Waals surface area contributed by atoms with Gasteiger partial charge in [-0.2, -0.15) is 13.9 Å². The van der Waals surface area contributed by atoms with Crippen LogP contribution in [0.1, 0.15) is 22.2 Å². The number of carbonyl (C=O) groups excluding carboxylic acids is 1. The third kappa shape index (κ3) is 3.80. The zero-order valence-electron chi connectivity index (χ0n) is 11.9. The standard InChI is InChI=1S/C13H15F2N3O3S/c1-13(20,8-5-17-18(2)6-8)7-16-11(19)10-9(3-4-22-10)21-12(14)15/h3-6,12,20H,7H2,1-2H3,(H,16,19)/t13-/m0/s1. The number of thiophene rings is 1. The van der Waals surface area contributed by atoms with Crippen LogP contribution in [0.3, 0.4) is 0 Å². The Morgan fingerprint density at radius 1 is 1.64 bits per heavy atom. The van der Waals surface area contributed by atoms with Crippen LogP contribution in [-0.2, 0) is 12.6 Å². The first kappa shape index (κ1) is 16.4. The van der Waals surface area contributed by atoms with Gasteiger partial charge in [0.25, 0.3) is 5.91 Å². The number of halogens is 2. The minimum Gasteiger partial charge on any atom is -0.433 e. The molecule has 0 aliphatic heterocycles. The molecule has 2 heterocycles. The lowest BCUT2D eigenvalue weighted by molar-refractivity contribution is -0.0498. The quantitative estimate of drug-likeness (QED) is 0.845. The van der Waals surface area contributed by atoms with Crippen LogP contribution in [0, 0.1) is 0 Å². The molecule has 2 N–H and O–H groups in total. The van der Waals surface area contributed by atoms with Gasteiger partial charge >= 0.3 is 6.61 Å². The molecule has 0 saturated carbocycles. The van der Waals surface area contributed by atoms with Crippen LogP contribution in [0.25, 0.3) is 0 Å². The summed E-state index contributed by atoms with van der Waals surface area (Å²) in [6.45, 7) is -1.57. The average molecular weight is 331 g/mol. The monoisotopic (exact) mass is 331 g/mol. The molecule has 0 aliphatic carbocycles. The number of rotatable bonds is 6. The summed E-state index contributed by atoms with van der Waals surface area (Å²) in [6.07, 6.45) is 3.12. The number of aromatic nitrogens is 2. The summed E-state index contributed by atoms with van der Waals surface area (Å²) in [7, 11) is 1.71. The molecule has 22 heavy (non-hydrogen) atoms. The van der Waals surface area contributed by atoms with Crippen LogP contribution in [0.15, 0.2) is 23.8 Å². The zero-order valence-corrected chi connectivity index (χ0v) is 12.7. The molecule has 2 rings (SSSR count). The number of aryl methyl sites for hydroxylation is 1. The van der Waals surface area contributed by atoms with Crippen LogP contribution in [0.4, 0.5) is 8.78 Å². The highest BCUT2D eigenvalue weighted by Gasteiger charge is 2.26. The lowest BCUT2D eigenvalue weighted by Crippen LogP contribution is -2.38. The van der Waals surface area contributed by atoms with Gasteiger partial charge in [0.05, 0.1) is 12.7 Å². The number of alkyl halides is 2. The van der Waals surface area contributed by atoms with E-state index < -0.39 is 18.1 Å². The Hall–Kier alpha value is -2.00. The molecular weight excluding hydrogens is 316 g/mol. The maximum absolute atomic E-state index is 12.2. The van der Waals surface area contributed by atoms with E-state index in [1.165, 1.54) is 29.2 Å². The second-order valence-corrected chi connectivity index (χ2v) is 5.77. The number of ether oxygens (including phenoxy) is 1. The van der Waals surface area contributed by atoms with Crippen molar-refractivity contribution in [2.24, 2.45) is 7.05 Å². The Morgan fingerprint density at radius 3 is 2.95 bits per heavy atom. The average Bonchev–Trinajstić information content (AvgIpc) is 3.05. The van der Waals surface area contributed by atoms with Crippen LogP contribution in [0.2, 0.25) is 0 Å². The molecule has 2 aromatic rings. The second-order valence-electron chi connectivity index (χ2n) is 4.85. The number of carbonyl (C=O) groups is 1. The first-order chi connectivity index (χ1) is 10.3. The summed E-state index contributed by atoms with van der Waals surface area (Å²) < 4.78 is 30.3. The topological polar surface area (TPSA) is 76.4 Å². The molecule has 1 amide bonds. The Labute approximate surface area is 129 Å². The molecule has 0 aromatic carbocycles. The molecule has 0 radical (unpaired) electrons. The number of hydrogen-bond acceptors (Lipinski definition) is 5. The molecule has 0 spiro atoms. The summed E-state index contributed by atoms with van der Waals surface area (Å²) in [5, 5.41) is 18.3. The van der Waals surface area contributed by atoms with Crippen molar-refractivity contribution in [1.29, 1.82) is 0 Å². The minimum absolute atomic E-state index is 0.0299. The predicted molar refractivity (Wildman–Crippen MR) is 76.1 cm³/mol. The molecular formula is C13H15F2N3O3S. The van der Waals surface area contributed by atoms with Gasteiger partial charge in [-0.3, -0.25) is 9.48 Å². The van der Waals surface area contributed by atoms with Crippen LogP contribution >= 0.6 is 11.3 Å². The lowest BCUT2D eigenvalue weighted by atomic mass is 10.00. The summed E-state index contributed by atoms with van der Waals surface area (Å²) in [5.74, 6) is -0.770. The highest BCUT2D eigenvalue weighted by Crippen LogP contribution is 2.26. The number of nitrogens with one attached hydrogen (secondary N) is 1. The van der Waals surface area contributed by atoms with Crippen LogP contribution in [-0.4, -0.2) is 34.0 Å². The van der Waals surface area contributed by atoms with Gasteiger partial charge in [0, 0.05) is 18.8 Å². The molecule has 6 nitrogen and oxygen atoms in total. The highest BCUT2D eigenvalue weighted by molar-refractivity contribution is 7.12. The predicted octanol–water partition coefficient (Wildman–Crippen LogP) is 1.72. The van der Waals surface area contributed by atoms with Crippen molar-refractivity contribution in [3.63, 3.8) is 0 Å². The van der Waals surface area contributed by atoms with Gasteiger partial charge in [-0.15, -0.1) is 11.3 Å². The fourth-order valence-corrected chi connectivity index (χ4v) is 2.53. The van der Waals surface area contributed by atoms with Gasteiger partial charge < -0.3 is 15.2 Å². The molecule has 0 aliphatic rings. The first-order valence-corrected chi connectivity index (χ1v) is 7.19. The normalized spacial score (nSPS) is 13.9. The SMILES string of the molecule is Cn1cc([C@@](C)(O)CNC(=O)c2sccc2OC(F)F)cn1. The molecule has 0 bridgehead atoms. The van der Waals surface area contributed by atoms with E-state index in [4.69, 9.17) is 0 Å². The van der Waals surface area contributed by atoms with Gasteiger partial charge in [0.1, 0.15) is 16.2 Å². The molecule has 2 aromatic heterocycles. The van der Waals surface area contributed by atoms with Crippen LogP contribution in [0.5, 0.6) is 5.75 Å². The molecule has 0 unspecified atom stereocenters. The van der Waals surface area contributed by atoms with E-state index in [-0.39, 0.29) is 17.2 Å². The Morgan fingerprint density at radius 2 is 2.36 bits per heavy atom. The molecule has 0 saturated heterocycles. The van der Waals surface area contributed by atoms with Crippen molar-refractivity contribution in [3.05, 3.63) is 34.3 Å².